The van der Waals surface area contributed by atoms with Crippen LogP contribution in [0.4, 0.5) is 0 Å². The second-order valence-electron chi connectivity index (χ2n) is 5.47. The van der Waals surface area contributed by atoms with Gasteiger partial charge in [-0.05, 0) is 18.9 Å². The molecular formula is C18H27IN4OS2. The average Bonchev–Trinajstić information content (AvgIpc) is 3.08. The van der Waals surface area contributed by atoms with E-state index in [0.717, 1.165) is 29.5 Å². The molecule has 0 spiro atoms. The highest BCUT2D eigenvalue weighted by Gasteiger charge is 2.04. The summed E-state index contributed by atoms with van der Waals surface area (Å²) in [4.78, 5) is 10.2. The first kappa shape index (κ1) is 23.0. The number of halogens is 1. The quantitative estimate of drug-likeness (QED) is 0.311. The molecule has 2 N–H and O–H groups in total. The van der Waals surface area contributed by atoms with Crippen molar-refractivity contribution in [3.63, 3.8) is 0 Å². The number of rotatable bonds is 9. The Balaban J connectivity index is 0.00000338. The van der Waals surface area contributed by atoms with Crippen molar-refractivity contribution in [2.75, 3.05) is 18.8 Å². The van der Waals surface area contributed by atoms with Gasteiger partial charge in [0.05, 0.1) is 6.54 Å². The summed E-state index contributed by atoms with van der Waals surface area (Å²) >= 11 is 1.70. The maximum atomic E-state index is 12.2. The van der Waals surface area contributed by atoms with Crippen molar-refractivity contribution in [3.8, 4) is 0 Å². The van der Waals surface area contributed by atoms with Crippen LogP contribution in [0.3, 0.4) is 0 Å². The van der Waals surface area contributed by atoms with Crippen molar-refractivity contribution >= 4 is 52.1 Å². The number of hydrogen-bond donors (Lipinski definition) is 2. The van der Waals surface area contributed by atoms with E-state index in [1.165, 1.54) is 4.88 Å². The zero-order valence-corrected chi connectivity index (χ0v) is 19.2. The van der Waals surface area contributed by atoms with Crippen molar-refractivity contribution in [2.45, 2.75) is 32.6 Å². The van der Waals surface area contributed by atoms with Crippen LogP contribution in [0, 0.1) is 0 Å². The largest absolute Gasteiger partial charge is 0.357 e. The highest BCUT2D eigenvalue weighted by atomic mass is 127. The zero-order valence-electron chi connectivity index (χ0n) is 15.2. The van der Waals surface area contributed by atoms with Crippen LogP contribution in [0.5, 0.6) is 0 Å². The molecule has 1 unspecified atom stereocenters. The van der Waals surface area contributed by atoms with Gasteiger partial charge in [-0.3, -0.25) is 4.21 Å². The molecule has 144 valence electrons. The normalized spacial score (nSPS) is 12.3. The number of hydrogen-bond acceptors (Lipinski definition) is 4. The third kappa shape index (κ3) is 8.59. The molecule has 5 nitrogen and oxygen atoms in total. The molecule has 2 aromatic rings. The number of nitrogens with zero attached hydrogens (tertiary/aromatic N) is 2. The maximum Gasteiger partial charge on any atom is 0.191 e. The van der Waals surface area contributed by atoms with Gasteiger partial charge in [0.1, 0.15) is 5.01 Å². The van der Waals surface area contributed by atoms with Crippen molar-refractivity contribution in [1.82, 2.24) is 15.6 Å². The van der Waals surface area contributed by atoms with Gasteiger partial charge in [0.2, 0.25) is 0 Å². The standard InChI is InChI=1S/C18H26N4OS2.HI/c1-3-16-12-21-17(24-16)13-22-18(19-4-2)20-10-11-25(23)14-15-8-6-5-7-9-15;/h5-9,12H,3-4,10-11,13-14H2,1-2H3,(H2,19,20,22);1H. The SMILES string of the molecule is CCNC(=NCc1ncc(CC)s1)NCCS(=O)Cc1ccccc1.I. The molecule has 0 saturated heterocycles. The van der Waals surface area contributed by atoms with Crippen molar-refractivity contribution in [3.05, 3.63) is 52.0 Å². The van der Waals surface area contributed by atoms with E-state index in [4.69, 9.17) is 0 Å². The Morgan fingerprint density at radius 2 is 2.00 bits per heavy atom. The summed E-state index contributed by atoms with van der Waals surface area (Å²) in [6, 6.07) is 9.94. The molecule has 0 radical (unpaired) electrons. The predicted molar refractivity (Wildman–Crippen MR) is 123 cm³/mol. The summed E-state index contributed by atoms with van der Waals surface area (Å²) in [5.74, 6) is 1.93. The molecule has 1 aromatic carbocycles. The Labute approximate surface area is 179 Å². The first-order chi connectivity index (χ1) is 12.2. The number of aryl methyl sites for hydroxylation is 1. The van der Waals surface area contributed by atoms with Crippen LogP contribution in [-0.4, -0.2) is 34.0 Å². The number of aliphatic imine (C=N–C) groups is 1. The van der Waals surface area contributed by atoms with E-state index in [9.17, 15) is 4.21 Å². The fraction of sp³-hybridized carbons (Fsp3) is 0.444. The summed E-state index contributed by atoms with van der Waals surface area (Å²) in [5, 5.41) is 7.48. The summed E-state index contributed by atoms with van der Waals surface area (Å²) < 4.78 is 12.2. The fourth-order valence-electron chi connectivity index (χ4n) is 2.19. The number of thiazole rings is 1. The van der Waals surface area contributed by atoms with Gasteiger partial charge in [-0.15, -0.1) is 35.3 Å². The highest BCUT2D eigenvalue weighted by molar-refractivity contribution is 14.0. The van der Waals surface area contributed by atoms with Gasteiger partial charge in [-0.2, -0.15) is 0 Å². The first-order valence-corrected chi connectivity index (χ1v) is 10.9. The molecule has 2 rings (SSSR count). The highest BCUT2D eigenvalue weighted by Crippen LogP contribution is 2.13. The second kappa shape index (κ2) is 13.2. The zero-order chi connectivity index (χ0) is 17.9. The molecule has 1 heterocycles. The summed E-state index contributed by atoms with van der Waals surface area (Å²) in [6.45, 7) is 6.14. The van der Waals surface area contributed by atoms with Gasteiger partial charge >= 0.3 is 0 Å². The van der Waals surface area contributed by atoms with Gasteiger partial charge in [0, 0.05) is 46.5 Å². The number of guanidine groups is 1. The number of benzene rings is 1. The number of nitrogens with one attached hydrogen (secondary N) is 2. The lowest BCUT2D eigenvalue weighted by molar-refractivity contribution is 0.680. The molecule has 8 heteroatoms. The van der Waals surface area contributed by atoms with Crippen LogP contribution in [0.1, 0.15) is 29.3 Å². The Hall–Kier alpha value is -1.000. The minimum atomic E-state index is -0.885. The summed E-state index contributed by atoms with van der Waals surface area (Å²) in [6.07, 6.45) is 2.93. The lowest BCUT2D eigenvalue weighted by atomic mass is 10.2. The van der Waals surface area contributed by atoms with Gasteiger partial charge in [0.15, 0.2) is 5.96 Å². The molecule has 0 aliphatic carbocycles. The Kier molecular flexibility index (Phi) is 11.7. The molecule has 0 aliphatic heterocycles. The van der Waals surface area contributed by atoms with Gasteiger partial charge in [-0.1, -0.05) is 37.3 Å². The monoisotopic (exact) mass is 506 g/mol. The fourth-order valence-corrected chi connectivity index (χ4v) is 4.01. The summed E-state index contributed by atoms with van der Waals surface area (Å²) in [7, 11) is -0.885. The van der Waals surface area contributed by atoms with Gasteiger partial charge in [0.25, 0.3) is 0 Å². The first-order valence-electron chi connectivity index (χ1n) is 8.56. The summed E-state index contributed by atoms with van der Waals surface area (Å²) in [5.41, 5.74) is 1.11. The molecule has 0 bridgehead atoms. The van der Waals surface area contributed by atoms with Crippen molar-refractivity contribution in [2.24, 2.45) is 4.99 Å². The second-order valence-corrected chi connectivity index (χ2v) is 8.25. The molecule has 0 saturated carbocycles. The van der Waals surface area contributed by atoms with E-state index in [2.05, 4.69) is 27.5 Å². The van der Waals surface area contributed by atoms with Crippen molar-refractivity contribution < 1.29 is 4.21 Å². The molecule has 1 atom stereocenters. The Morgan fingerprint density at radius 1 is 1.23 bits per heavy atom. The van der Waals surface area contributed by atoms with Crippen molar-refractivity contribution in [1.29, 1.82) is 0 Å². The minimum Gasteiger partial charge on any atom is -0.357 e. The van der Waals surface area contributed by atoms with Crippen LogP contribution in [0.25, 0.3) is 0 Å². The lowest BCUT2D eigenvalue weighted by Crippen LogP contribution is -2.39. The molecule has 0 amide bonds. The average molecular weight is 506 g/mol. The van der Waals surface area contributed by atoms with Crippen LogP contribution in [0.15, 0.2) is 41.5 Å². The number of aromatic nitrogens is 1. The van der Waals surface area contributed by atoms with E-state index in [0.29, 0.717) is 24.6 Å². The predicted octanol–water partition coefficient (Wildman–Crippen LogP) is 3.33. The van der Waals surface area contributed by atoms with Gasteiger partial charge < -0.3 is 10.6 Å². The van der Waals surface area contributed by atoms with E-state index in [1.54, 1.807) is 11.3 Å². The van der Waals surface area contributed by atoms with E-state index < -0.39 is 10.8 Å². The lowest BCUT2D eigenvalue weighted by Gasteiger charge is -2.10. The van der Waals surface area contributed by atoms with E-state index >= 15 is 0 Å². The topological polar surface area (TPSA) is 66.4 Å². The molecule has 1 aromatic heterocycles. The van der Waals surface area contributed by atoms with Crippen LogP contribution in [0.2, 0.25) is 0 Å². The van der Waals surface area contributed by atoms with Crippen LogP contribution < -0.4 is 10.6 Å². The maximum absolute atomic E-state index is 12.2. The molecule has 0 aliphatic rings. The molecule has 26 heavy (non-hydrogen) atoms. The Morgan fingerprint density at radius 3 is 2.65 bits per heavy atom. The van der Waals surface area contributed by atoms with Gasteiger partial charge in [-0.25, -0.2) is 9.98 Å². The smallest absolute Gasteiger partial charge is 0.191 e. The third-order valence-corrected chi connectivity index (χ3v) is 5.90. The Bertz CT molecular complexity index is 692. The van der Waals surface area contributed by atoms with Crippen LogP contribution in [-0.2, 0) is 29.5 Å². The third-order valence-electron chi connectivity index (χ3n) is 3.46. The van der Waals surface area contributed by atoms with Crippen LogP contribution >= 0.6 is 35.3 Å². The molecular weight excluding hydrogens is 479 g/mol. The minimum absolute atomic E-state index is 0. The van der Waals surface area contributed by atoms with E-state index in [-0.39, 0.29) is 24.0 Å². The molecule has 0 fully saturated rings. The van der Waals surface area contributed by atoms with E-state index in [1.807, 2.05) is 43.5 Å².